The maximum absolute atomic E-state index is 13.0. The molecule has 534 valence electrons. The Balaban J connectivity index is 5.25. The van der Waals surface area contributed by atoms with Crippen molar-refractivity contribution in [2.75, 3.05) is 39.6 Å². The van der Waals surface area contributed by atoms with Crippen LogP contribution in [0.5, 0.6) is 0 Å². The molecule has 0 aliphatic rings. The van der Waals surface area contributed by atoms with Gasteiger partial charge in [-0.1, -0.05) is 299 Å². The lowest BCUT2D eigenvalue weighted by atomic mass is 9.99. The van der Waals surface area contributed by atoms with Gasteiger partial charge in [-0.15, -0.1) is 0 Å². The number of unbranched alkanes of at least 4 members (excludes halogenated alkanes) is 32. The Labute approximate surface area is 549 Å². The van der Waals surface area contributed by atoms with E-state index >= 15 is 0 Å². The van der Waals surface area contributed by atoms with Crippen molar-refractivity contribution < 1.29 is 80.2 Å². The fourth-order valence-corrected chi connectivity index (χ4v) is 12.2. The zero-order valence-corrected chi connectivity index (χ0v) is 60.6. The number of rotatable bonds is 68. The number of phosphoric acid groups is 2. The van der Waals surface area contributed by atoms with E-state index in [1.165, 1.54) is 148 Å². The summed E-state index contributed by atoms with van der Waals surface area (Å²) >= 11 is 0. The van der Waals surface area contributed by atoms with Gasteiger partial charge >= 0.3 is 39.5 Å². The molecule has 0 aliphatic carbocycles. The fourth-order valence-electron chi connectivity index (χ4n) is 10.6. The molecule has 90 heavy (non-hydrogen) atoms. The second-order valence-electron chi connectivity index (χ2n) is 27.1. The predicted molar refractivity (Wildman–Crippen MR) is 363 cm³/mol. The lowest BCUT2D eigenvalue weighted by Gasteiger charge is -2.21. The van der Waals surface area contributed by atoms with Crippen molar-refractivity contribution in [3.63, 3.8) is 0 Å². The Morgan fingerprint density at radius 2 is 0.533 bits per heavy atom. The van der Waals surface area contributed by atoms with Gasteiger partial charge in [0.1, 0.15) is 19.3 Å². The lowest BCUT2D eigenvalue weighted by Crippen LogP contribution is -2.30. The number of carbonyl (C=O) groups excluding carboxylic acids is 4. The van der Waals surface area contributed by atoms with Crippen molar-refractivity contribution in [2.24, 2.45) is 23.7 Å². The molecule has 0 fully saturated rings. The summed E-state index contributed by atoms with van der Waals surface area (Å²) in [4.78, 5) is 72.6. The van der Waals surface area contributed by atoms with E-state index < -0.39 is 97.5 Å². The molecule has 0 amide bonds. The van der Waals surface area contributed by atoms with Gasteiger partial charge in [-0.3, -0.25) is 37.3 Å². The second-order valence-corrected chi connectivity index (χ2v) is 30.0. The molecule has 0 aromatic rings. The largest absolute Gasteiger partial charge is 0.472 e. The minimum absolute atomic E-state index is 0.102. The minimum atomic E-state index is -4.95. The zero-order valence-electron chi connectivity index (χ0n) is 58.8. The Hall–Kier alpha value is -1.94. The summed E-state index contributed by atoms with van der Waals surface area (Å²) in [6, 6.07) is 0. The summed E-state index contributed by atoms with van der Waals surface area (Å²) in [7, 11) is -9.90. The maximum Gasteiger partial charge on any atom is 0.472 e. The zero-order chi connectivity index (χ0) is 66.8. The first kappa shape index (κ1) is 88.1. The number of carbonyl (C=O) groups is 4. The first-order valence-electron chi connectivity index (χ1n) is 36.8. The van der Waals surface area contributed by atoms with E-state index in [9.17, 15) is 43.2 Å². The first-order valence-corrected chi connectivity index (χ1v) is 39.8. The third kappa shape index (κ3) is 62.2. The van der Waals surface area contributed by atoms with Gasteiger partial charge in [0.05, 0.1) is 26.4 Å². The van der Waals surface area contributed by atoms with Crippen LogP contribution in [0.25, 0.3) is 0 Å². The number of aliphatic hydroxyl groups excluding tert-OH is 1. The molecule has 7 atom stereocenters. The maximum atomic E-state index is 13.0. The Bertz CT molecular complexity index is 1790. The lowest BCUT2D eigenvalue weighted by molar-refractivity contribution is -0.161. The fraction of sp³-hybridized carbons (Fsp3) is 0.944. The number of hydrogen-bond acceptors (Lipinski definition) is 15. The van der Waals surface area contributed by atoms with Crippen molar-refractivity contribution >= 4 is 39.5 Å². The quantitative estimate of drug-likeness (QED) is 0.0222. The SMILES string of the molecule is CCC(C)CCCCCCCCCCCCC(=O)O[C@H](COC(=O)CCCCCCCCCCCCCCCC(C)C)COP(=O)(O)OCC(O)COP(=O)(O)OC[C@@H](COC(=O)CCCCCCCCCC(C)C)OC(=O)CCCCCCCCC(C)CC. The smallest absolute Gasteiger partial charge is 0.462 e. The van der Waals surface area contributed by atoms with Crippen molar-refractivity contribution in [2.45, 2.75) is 369 Å². The van der Waals surface area contributed by atoms with E-state index in [0.29, 0.717) is 31.6 Å². The van der Waals surface area contributed by atoms with Crippen LogP contribution in [0.2, 0.25) is 0 Å². The van der Waals surface area contributed by atoms with Crippen LogP contribution in [-0.4, -0.2) is 96.7 Å². The van der Waals surface area contributed by atoms with Gasteiger partial charge in [-0.05, 0) is 49.4 Å². The number of ether oxygens (including phenoxy) is 4. The summed E-state index contributed by atoms with van der Waals surface area (Å²) in [5.41, 5.74) is 0. The van der Waals surface area contributed by atoms with Crippen LogP contribution in [0, 0.1) is 23.7 Å². The number of esters is 4. The summed E-state index contributed by atoms with van der Waals surface area (Å²) in [5.74, 6) is 0.888. The molecule has 0 spiro atoms. The molecular formula is C71H138O17P2. The van der Waals surface area contributed by atoms with Crippen molar-refractivity contribution in [1.82, 2.24) is 0 Å². The third-order valence-corrected chi connectivity index (χ3v) is 18.9. The summed E-state index contributed by atoms with van der Waals surface area (Å²) in [6.07, 6.45) is 43.1. The van der Waals surface area contributed by atoms with Crippen molar-refractivity contribution in [1.29, 1.82) is 0 Å². The molecule has 0 saturated carbocycles. The van der Waals surface area contributed by atoms with Gasteiger partial charge in [0.25, 0.3) is 0 Å². The normalized spacial score (nSPS) is 14.9. The summed E-state index contributed by atoms with van der Waals surface area (Å²) in [6.45, 7) is 14.1. The highest BCUT2D eigenvalue weighted by Crippen LogP contribution is 2.45. The van der Waals surface area contributed by atoms with Gasteiger partial charge in [0, 0.05) is 25.7 Å². The molecular weight excluding hydrogens is 1190 g/mol. The van der Waals surface area contributed by atoms with E-state index in [1.54, 1.807) is 0 Å². The van der Waals surface area contributed by atoms with Crippen LogP contribution >= 0.6 is 15.6 Å². The third-order valence-electron chi connectivity index (χ3n) is 17.0. The first-order chi connectivity index (χ1) is 43.2. The highest BCUT2D eigenvalue weighted by Gasteiger charge is 2.30. The van der Waals surface area contributed by atoms with E-state index in [2.05, 4.69) is 55.4 Å². The molecule has 0 bridgehead atoms. The van der Waals surface area contributed by atoms with Gasteiger partial charge in [0.2, 0.25) is 0 Å². The highest BCUT2D eigenvalue weighted by molar-refractivity contribution is 7.47. The predicted octanol–water partition coefficient (Wildman–Crippen LogP) is 20.1. The average Bonchev–Trinajstić information content (AvgIpc) is 3.62. The Morgan fingerprint density at radius 3 is 0.789 bits per heavy atom. The molecule has 0 saturated heterocycles. The Kier molecular flexibility index (Phi) is 59.4. The van der Waals surface area contributed by atoms with E-state index in [1.807, 2.05) is 0 Å². The van der Waals surface area contributed by atoms with Gasteiger partial charge in [0.15, 0.2) is 12.2 Å². The standard InChI is InChI=1S/C71H138O17P2/c1-9-63(7)49-41-33-25-19-16-17-21-27-37-45-53-70(75)87-66(57-81-68(73)51-43-35-26-20-15-13-11-12-14-18-23-31-39-47-61(3)4)59-85-89(77,78)83-55-65(72)56-84-90(79,80)86-60-67(88-71(76)54-46-38-30-29-34-42-50-64(8)10-2)58-82-69(74)52-44-36-28-22-24-32-40-48-62(5)6/h61-67,72H,9-60H2,1-8H3,(H,77,78)(H,79,80)/t63?,64?,65?,66-,67-/m1/s1. The molecule has 3 N–H and O–H groups in total. The summed E-state index contributed by atoms with van der Waals surface area (Å²) < 4.78 is 68.3. The highest BCUT2D eigenvalue weighted by atomic mass is 31.2. The molecule has 19 heteroatoms. The molecule has 0 rings (SSSR count). The molecule has 17 nitrogen and oxygen atoms in total. The molecule has 0 radical (unpaired) electrons. The minimum Gasteiger partial charge on any atom is -0.462 e. The van der Waals surface area contributed by atoms with E-state index in [4.69, 9.17) is 37.0 Å². The summed E-state index contributed by atoms with van der Waals surface area (Å²) in [5, 5.41) is 10.6. The van der Waals surface area contributed by atoms with Crippen molar-refractivity contribution in [3.8, 4) is 0 Å². The van der Waals surface area contributed by atoms with Crippen LogP contribution in [0.3, 0.4) is 0 Å². The van der Waals surface area contributed by atoms with Crippen LogP contribution in [-0.2, 0) is 65.4 Å². The average molecular weight is 1330 g/mol. The second kappa shape index (κ2) is 60.7. The van der Waals surface area contributed by atoms with Crippen LogP contribution in [0.1, 0.15) is 351 Å². The topological polar surface area (TPSA) is 237 Å². The Morgan fingerprint density at radius 1 is 0.311 bits per heavy atom. The molecule has 0 aromatic heterocycles. The number of aliphatic hydroxyl groups is 1. The van der Waals surface area contributed by atoms with Gasteiger partial charge in [-0.2, -0.15) is 0 Å². The van der Waals surface area contributed by atoms with Crippen molar-refractivity contribution in [3.05, 3.63) is 0 Å². The molecule has 0 aliphatic heterocycles. The van der Waals surface area contributed by atoms with E-state index in [0.717, 1.165) is 114 Å². The van der Waals surface area contributed by atoms with E-state index in [-0.39, 0.29) is 25.7 Å². The molecule has 0 heterocycles. The number of phosphoric ester groups is 2. The van der Waals surface area contributed by atoms with Crippen LogP contribution in [0.4, 0.5) is 0 Å². The number of hydrogen-bond donors (Lipinski definition) is 3. The van der Waals surface area contributed by atoms with Gasteiger partial charge < -0.3 is 33.8 Å². The molecule has 0 aromatic carbocycles. The monoisotopic (exact) mass is 1320 g/mol. The molecule has 5 unspecified atom stereocenters. The van der Waals surface area contributed by atoms with Crippen LogP contribution in [0.15, 0.2) is 0 Å². The van der Waals surface area contributed by atoms with Gasteiger partial charge in [-0.25, -0.2) is 9.13 Å². The van der Waals surface area contributed by atoms with Crippen LogP contribution < -0.4 is 0 Å².